The lowest BCUT2D eigenvalue weighted by atomic mass is 9.97. The Labute approximate surface area is 190 Å². The third-order valence-electron chi connectivity index (χ3n) is 5.53. The van der Waals surface area contributed by atoms with Gasteiger partial charge < -0.3 is 15.4 Å². The van der Waals surface area contributed by atoms with Gasteiger partial charge in [-0.1, -0.05) is 18.2 Å². The second-order valence-corrected chi connectivity index (χ2v) is 7.88. The topological polar surface area (TPSA) is 131 Å². The van der Waals surface area contributed by atoms with Crippen LogP contribution in [0.1, 0.15) is 35.4 Å². The van der Waals surface area contributed by atoms with Crippen LogP contribution in [0.2, 0.25) is 0 Å². The number of para-hydroxylation sites is 1. The van der Waals surface area contributed by atoms with E-state index in [0.717, 1.165) is 36.3 Å². The minimum absolute atomic E-state index is 0.200. The maximum atomic E-state index is 12.5. The van der Waals surface area contributed by atoms with E-state index >= 15 is 0 Å². The summed E-state index contributed by atoms with van der Waals surface area (Å²) < 4.78 is 6.64. The molecule has 2 heterocycles. The van der Waals surface area contributed by atoms with Gasteiger partial charge in [0, 0.05) is 18.2 Å². The summed E-state index contributed by atoms with van der Waals surface area (Å²) >= 11 is 0. The molecule has 2 aromatic heterocycles. The number of aryl methyl sites for hydroxylation is 2. The highest BCUT2D eigenvalue weighted by atomic mass is 16.5. The maximum Gasteiger partial charge on any atom is 0.314 e. The fraction of sp³-hybridized carbons (Fsp3) is 0.348. The van der Waals surface area contributed by atoms with Gasteiger partial charge in [0.1, 0.15) is 11.6 Å². The first-order chi connectivity index (χ1) is 16.0. The third kappa shape index (κ3) is 4.94. The van der Waals surface area contributed by atoms with Gasteiger partial charge >= 0.3 is 11.8 Å². The Morgan fingerprint density at radius 2 is 1.97 bits per heavy atom. The first-order valence-electron chi connectivity index (χ1n) is 10.9. The summed E-state index contributed by atoms with van der Waals surface area (Å²) in [7, 11) is 1.58. The van der Waals surface area contributed by atoms with E-state index in [0.29, 0.717) is 24.1 Å². The third-order valence-corrected chi connectivity index (χ3v) is 5.53. The van der Waals surface area contributed by atoms with Crippen molar-refractivity contribution < 1.29 is 14.3 Å². The maximum absolute atomic E-state index is 12.5. The summed E-state index contributed by atoms with van der Waals surface area (Å²) in [6, 6.07) is 9.10. The van der Waals surface area contributed by atoms with Crippen LogP contribution >= 0.6 is 0 Å². The van der Waals surface area contributed by atoms with Crippen LogP contribution in [-0.4, -0.2) is 45.2 Å². The molecule has 0 spiro atoms. The molecule has 0 bridgehead atoms. The zero-order valence-electron chi connectivity index (χ0n) is 18.6. The molecule has 0 saturated carbocycles. The Hall–Kier alpha value is -3.95. The molecule has 0 atom stereocenters. The number of hydrogen-bond donors (Lipinski definition) is 3. The van der Waals surface area contributed by atoms with Crippen molar-refractivity contribution in [1.82, 2.24) is 25.1 Å². The molecule has 0 radical (unpaired) electrons. The standard InChI is InChI=1S/C23H26N6O4/c1-14-13-19(29(28-14)23-25-17-9-5-4-8-16(17)20(30)27-23)26-22(32)21(31)24-12-11-15-7-3-6-10-18(15)33-2/h3,6-7,10,13H,4-5,8-9,11-12H2,1-2H3,(H,24,31)(H,26,32)(H,25,27,30). The van der Waals surface area contributed by atoms with Crippen molar-refractivity contribution in [2.75, 3.05) is 19.0 Å². The van der Waals surface area contributed by atoms with Crippen LogP contribution in [0.5, 0.6) is 5.75 Å². The molecule has 10 heteroatoms. The molecule has 0 fully saturated rings. The second-order valence-electron chi connectivity index (χ2n) is 7.88. The van der Waals surface area contributed by atoms with Crippen molar-refractivity contribution in [3.63, 3.8) is 0 Å². The summed E-state index contributed by atoms with van der Waals surface area (Å²) in [6.07, 6.45) is 3.88. The van der Waals surface area contributed by atoms with Gasteiger partial charge in [-0.15, -0.1) is 0 Å². The molecule has 1 aliphatic rings. The fourth-order valence-electron chi connectivity index (χ4n) is 3.91. The van der Waals surface area contributed by atoms with Crippen molar-refractivity contribution in [2.24, 2.45) is 0 Å². The molecule has 0 saturated heterocycles. The first kappa shape index (κ1) is 22.3. The largest absolute Gasteiger partial charge is 0.496 e. The lowest BCUT2D eigenvalue weighted by Crippen LogP contribution is -2.37. The number of ether oxygens (including phenoxy) is 1. The van der Waals surface area contributed by atoms with Crippen molar-refractivity contribution >= 4 is 17.6 Å². The van der Waals surface area contributed by atoms with Gasteiger partial charge in [-0.3, -0.25) is 19.4 Å². The second kappa shape index (κ2) is 9.68. The predicted octanol–water partition coefficient (Wildman–Crippen LogP) is 1.45. The van der Waals surface area contributed by atoms with Crippen molar-refractivity contribution in [3.8, 4) is 11.7 Å². The minimum Gasteiger partial charge on any atom is -0.496 e. The lowest BCUT2D eigenvalue weighted by Gasteiger charge is -2.15. The zero-order chi connectivity index (χ0) is 23.4. The van der Waals surface area contributed by atoms with E-state index in [-0.39, 0.29) is 23.9 Å². The normalized spacial score (nSPS) is 12.7. The number of carbonyl (C=O) groups is 2. The molecule has 3 aromatic rings. The Balaban J connectivity index is 1.44. The van der Waals surface area contributed by atoms with Crippen LogP contribution in [0.3, 0.4) is 0 Å². The monoisotopic (exact) mass is 450 g/mol. The molecule has 3 N–H and O–H groups in total. The van der Waals surface area contributed by atoms with Gasteiger partial charge in [0.2, 0.25) is 5.95 Å². The molecule has 1 aliphatic carbocycles. The van der Waals surface area contributed by atoms with E-state index in [1.165, 1.54) is 4.68 Å². The molecule has 4 rings (SSSR count). The summed E-state index contributed by atoms with van der Waals surface area (Å²) in [5, 5.41) is 9.50. The first-order valence-corrected chi connectivity index (χ1v) is 10.9. The average molecular weight is 450 g/mol. The predicted molar refractivity (Wildman–Crippen MR) is 122 cm³/mol. The van der Waals surface area contributed by atoms with Crippen LogP contribution in [0.15, 0.2) is 35.1 Å². The van der Waals surface area contributed by atoms with Crippen LogP contribution < -0.4 is 20.9 Å². The summed E-state index contributed by atoms with van der Waals surface area (Å²) in [5.41, 5.74) is 2.78. The van der Waals surface area contributed by atoms with Crippen LogP contribution in [0.4, 0.5) is 5.82 Å². The van der Waals surface area contributed by atoms with E-state index < -0.39 is 11.8 Å². The summed E-state index contributed by atoms with van der Waals surface area (Å²) in [5.74, 6) is -0.433. The Kier molecular flexibility index (Phi) is 6.53. The number of rotatable bonds is 6. The summed E-state index contributed by atoms with van der Waals surface area (Å²) in [4.78, 5) is 44.6. The van der Waals surface area contributed by atoms with E-state index in [4.69, 9.17) is 4.74 Å². The molecule has 1 aromatic carbocycles. The lowest BCUT2D eigenvalue weighted by molar-refractivity contribution is -0.136. The number of H-pyrrole nitrogens is 1. The number of aromatic nitrogens is 4. The molecule has 10 nitrogen and oxygen atoms in total. The number of nitrogens with one attached hydrogen (secondary N) is 3. The van der Waals surface area contributed by atoms with Gasteiger partial charge in [-0.05, 0) is 50.7 Å². The Morgan fingerprint density at radius 3 is 2.79 bits per heavy atom. The molecule has 0 aliphatic heterocycles. The molecule has 33 heavy (non-hydrogen) atoms. The van der Waals surface area contributed by atoms with Gasteiger partial charge in [-0.2, -0.15) is 9.78 Å². The molecular weight excluding hydrogens is 424 g/mol. The van der Waals surface area contributed by atoms with E-state index in [1.54, 1.807) is 20.1 Å². The number of benzene rings is 1. The minimum atomic E-state index is -0.837. The Morgan fingerprint density at radius 1 is 1.18 bits per heavy atom. The molecule has 0 unspecified atom stereocenters. The number of amides is 2. The number of nitrogens with zero attached hydrogens (tertiary/aromatic N) is 3. The SMILES string of the molecule is COc1ccccc1CCNC(=O)C(=O)Nc1cc(C)nn1-c1nc2c(c(=O)[nH]1)CCCC2. The van der Waals surface area contributed by atoms with Crippen LogP contribution in [0, 0.1) is 6.92 Å². The highest BCUT2D eigenvalue weighted by Crippen LogP contribution is 2.19. The van der Waals surface area contributed by atoms with Crippen molar-refractivity contribution in [3.05, 3.63) is 63.2 Å². The highest BCUT2D eigenvalue weighted by molar-refractivity contribution is 6.39. The van der Waals surface area contributed by atoms with E-state index in [9.17, 15) is 14.4 Å². The molecule has 172 valence electrons. The van der Waals surface area contributed by atoms with Crippen LogP contribution in [-0.2, 0) is 28.9 Å². The highest BCUT2D eigenvalue weighted by Gasteiger charge is 2.21. The van der Waals surface area contributed by atoms with E-state index in [2.05, 4.69) is 25.7 Å². The molecule has 2 amide bonds. The van der Waals surface area contributed by atoms with Crippen LogP contribution in [0.25, 0.3) is 5.95 Å². The summed E-state index contributed by atoms with van der Waals surface area (Å²) in [6.45, 7) is 2.01. The number of hydrogen-bond acceptors (Lipinski definition) is 6. The average Bonchev–Trinajstić information content (AvgIpc) is 3.19. The van der Waals surface area contributed by atoms with Gasteiger partial charge in [-0.25, -0.2) is 4.98 Å². The van der Waals surface area contributed by atoms with Gasteiger partial charge in [0.05, 0.1) is 18.5 Å². The smallest absolute Gasteiger partial charge is 0.314 e. The van der Waals surface area contributed by atoms with Gasteiger partial charge in [0.25, 0.3) is 5.56 Å². The van der Waals surface area contributed by atoms with Crippen molar-refractivity contribution in [2.45, 2.75) is 39.0 Å². The molecular formula is C23H26N6O4. The Bertz CT molecular complexity index is 1250. The number of fused-ring (bicyclic) bond motifs is 1. The number of anilines is 1. The zero-order valence-corrected chi connectivity index (χ0v) is 18.6. The van der Waals surface area contributed by atoms with E-state index in [1.807, 2.05) is 24.3 Å². The van der Waals surface area contributed by atoms with Crippen molar-refractivity contribution in [1.29, 1.82) is 0 Å². The van der Waals surface area contributed by atoms with Gasteiger partial charge in [0.15, 0.2) is 0 Å². The quantitative estimate of drug-likeness (QED) is 0.487. The number of carbonyl (C=O) groups excluding carboxylic acids is 2. The fourth-order valence-corrected chi connectivity index (χ4v) is 3.91. The number of methoxy groups -OCH3 is 1. The number of aromatic amines is 1.